The van der Waals surface area contributed by atoms with Gasteiger partial charge >= 0.3 is 0 Å². The number of rotatable bonds is 4. The van der Waals surface area contributed by atoms with Gasteiger partial charge in [-0.2, -0.15) is 0 Å². The van der Waals surface area contributed by atoms with E-state index in [1.165, 1.54) is 38.6 Å². The molecule has 1 saturated heterocycles. The highest BCUT2D eigenvalue weighted by Gasteiger charge is 2.45. The van der Waals surface area contributed by atoms with Gasteiger partial charge < -0.3 is 9.74 Å². The lowest BCUT2D eigenvalue weighted by atomic mass is 9.96. The van der Waals surface area contributed by atoms with Crippen molar-refractivity contribution in [2.75, 3.05) is 20.2 Å². The smallest absolute Gasteiger partial charge is 0.0736 e. The molecule has 0 aromatic carbocycles. The van der Waals surface area contributed by atoms with Crippen LogP contribution in [0.1, 0.15) is 32.1 Å². The maximum absolute atomic E-state index is 5.15. The largest absolute Gasteiger partial charge is 0.304 e. The van der Waals surface area contributed by atoms with E-state index in [4.69, 9.17) is 10.7 Å². The van der Waals surface area contributed by atoms with Crippen molar-refractivity contribution in [3.63, 3.8) is 0 Å². The first-order chi connectivity index (χ1) is 6.26. The molecule has 2 rings (SSSR count). The lowest BCUT2D eigenvalue weighted by molar-refractivity contribution is 0.0770. The Morgan fingerprint density at radius 2 is 2.31 bits per heavy atom. The predicted molar refractivity (Wildman–Crippen MR) is 52.1 cm³/mol. The number of nitrogens with zero attached hydrogens (tertiary/aromatic N) is 1. The van der Waals surface area contributed by atoms with Crippen molar-refractivity contribution in [3.8, 4) is 0 Å². The Hall–Kier alpha value is -0.120. The van der Waals surface area contributed by atoms with Crippen LogP contribution in [0.4, 0.5) is 0 Å². The van der Waals surface area contributed by atoms with E-state index in [-0.39, 0.29) is 0 Å². The quantitative estimate of drug-likeness (QED) is 0.666. The van der Waals surface area contributed by atoms with Gasteiger partial charge in [-0.1, -0.05) is 0 Å². The molecule has 2 aliphatic rings. The predicted octanol–water partition coefficient (Wildman–Crippen LogP) is 1.14. The SMILES string of the molecule is CN1CCCC1CC1(CON)CC1. The zero-order valence-electron chi connectivity index (χ0n) is 8.46. The normalized spacial score (nSPS) is 32.3. The summed E-state index contributed by atoms with van der Waals surface area (Å²) in [6, 6.07) is 0.789. The first kappa shape index (κ1) is 9.44. The first-order valence-electron chi connectivity index (χ1n) is 5.28. The lowest BCUT2D eigenvalue weighted by Crippen LogP contribution is -2.29. The van der Waals surface area contributed by atoms with Gasteiger partial charge in [0.15, 0.2) is 0 Å². The number of hydrogen-bond donors (Lipinski definition) is 1. The van der Waals surface area contributed by atoms with E-state index in [1.807, 2.05) is 0 Å². The van der Waals surface area contributed by atoms with E-state index >= 15 is 0 Å². The van der Waals surface area contributed by atoms with Crippen LogP contribution in [0.2, 0.25) is 0 Å². The second-order valence-electron chi connectivity index (χ2n) is 4.79. The fourth-order valence-electron chi connectivity index (χ4n) is 2.50. The van der Waals surface area contributed by atoms with Crippen molar-refractivity contribution < 1.29 is 4.84 Å². The van der Waals surface area contributed by atoms with Crippen molar-refractivity contribution in [2.45, 2.75) is 38.1 Å². The summed E-state index contributed by atoms with van der Waals surface area (Å²) in [6.45, 7) is 2.03. The molecule has 3 nitrogen and oxygen atoms in total. The minimum atomic E-state index is 0.456. The number of likely N-dealkylation sites (tertiary alicyclic amines) is 1. The Morgan fingerprint density at radius 3 is 2.77 bits per heavy atom. The molecule has 0 bridgehead atoms. The summed E-state index contributed by atoms with van der Waals surface area (Å²) in [5.41, 5.74) is 0.456. The van der Waals surface area contributed by atoms with Crippen molar-refractivity contribution in [1.82, 2.24) is 4.90 Å². The first-order valence-corrected chi connectivity index (χ1v) is 5.28. The molecule has 0 amide bonds. The Kier molecular flexibility index (Phi) is 2.58. The summed E-state index contributed by atoms with van der Waals surface area (Å²) in [5.74, 6) is 5.15. The average Bonchev–Trinajstić information content (AvgIpc) is 2.73. The van der Waals surface area contributed by atoms with Crippen LogP contribution < -0.4 is 5.90 Å². The molecule has 0 radical (unpaired) electrons. The van der Waals surface area contributed by atoms with Gasteiger partial charge in [-0.25, -0.2) is 5.90 Å². The zero-order valence-corrected chi connectivity index (χ0v) is 8.46. The second-order valence-corrected chi connectivity index (χ2v) is 4.79. The van der Waals surface area contributed by atoms with Crippen molar-refractivity contribution in [2.24, 2.45) is 11.3 Å². The molecule has 0 aromatic heterocycles. The van der Waals surface area contributed by atoms with Gasteiger partial charge in [0.05, 0.1) is 6.61 Å². The molecule has 2 N–H and O–H groups in total. The standard InChI is InChI=1S/C10H20N2O/c1-12-6-2-3-9(12)7-10(4-5-10)8-13-11/h9H,2-8,11H2,1H3. The third-order valence-corrected chi connectivity index (χ3v) is 3.69. The lowest BCUT2D eigenvalue weighted by Gasteiger charge is -2.24. The molecule has 1 saturated carbocycles. The highest BCUT2D eigenvalue weighted by molar-refractivity contribution is 4.97. The third-order valence-electron chi connectivity index (χ3n) is 3.69. The maximum Gasteiger partial charge on any atom is 0.0736 e. The van der Waals surface area contributed by atoms with Crippen LogP contribution in [-0.4, -0.2) is 31.1 Å². The molecule has 0 spiro atoms. The monoisotopic (exact) mass is 184 g/mol. The fraction of sp³-hybridized carbons (Fsp3) is 1.00. The van der Waals surface area contributed by atoms with E-state index in [0.29, 0.717) is 5.41 Å². The third kappa shape index (κ3) is 2.03. The average molecular weight is 184 g/mol. The summed E-state index contributed by atoms with van der Waals surface area (Å²) in [6.07, 6.45) is 6.65. The molecular weight excluding hydrogens is 164 g/mol. The Labute approximate surface area is 80.2 Å². The molecule has 1 unspecified atom stereocenters. The topological polar surface area (TPSA) is 38.5 Å². The van der Waals surface area contributed by atoms with Gasteiger partial charge in [0, 0.05) is 6.04 Å². The molecule has 0 aromatic rings. The van der Waals surface area contributed by atoms with Gasteiger partial charge in [0.25, 0.3) is 0 Å². The summed E-state index contributed by atoms with van der Waals surface area (Å²) in [4.78, 5) is 7.28. The molecule has 1 aliphatic heterocycles. The van der Waals surface area contributed by atoms with Gasteiger partial charge in [0.2, 0.25) is 0 Å². The zero-order chi connectivity index (χ0) is 9.31. The summed E-state index contributed by atoms with van der Waals surface area (Å²) in [5, 5.41) is 0. The van der Waals surface area contributed by atoms with E-state index in [1.54, 1.807) is 0 Å². The minimum absolute atomic E-state index is 0.456. The van der Waals surface area contributed by atoms with E-state index < -0.39 is 0 Å². The summed E-state index contributed by atoms with van der Waals surface area (Å²) in [7, 11) is 2.23. The number of hydrogen-bond acceptors (Lipinski definition) is 3. The Morgan fingerprint density at radius 1 is 1.54 bits per heavy atom. The van der Waals surface area contributed by atoms with Crippen LogP contribution in [0.5, 0.6) is 0 Å². The second kappa shape index (κ2) is 3.56. The van der Waals surface area contributed by atoms with Gasteiger partial charge in [-0.3, -0.25) is 0 Å². The van der Waals surface area contributed by atoms with E-state index in [2.05, 4.69) is 11.9 Å². The molecule has 13 heavy (non-hydrogen) atoms. The van der Waals surface area contributed by atoms with Crippen LogP contribution in [0.15, 0.2) is 0 Å². The van der Waals surface area contributed by atoms with Crippen LogP contribution in [0.3, 0.4) is 0 Å². The molecule has 3 heteroatoms. The molecule has 1 heterocycles. The minimum Gasteiger partial charge on any atom is -0.304 e. The van der Waals surface area contributed by atoms with Crippen LogP contribution >= 0.6 is 0 Å². The van der Waals surface area contributed by atoms with Crippen LogP contribution in [0.25, 0.3) is 0 Å². The van der Waals surface area contributed by atoms with Crippen molar-refractivity contribution in [3.05, 3.63) is 0 Å². The van der Waals surface area contributed by atoms with Crippen LogP contribution in [-0.2, 0) is 4.84 Å². The molecule has 2 fully saturated rings. The van der Waals surface area contributed by atoms with E-state index in [9.17, 15) is 0 Å². The Bertz CT molecular complexity index is 180. The molecule has 1 atom stereocenters. The maximum atomic E-state index is 5.15. The van der Waals surface area contributed by atoms with Crippen molar-refractivity contribution in [1.29, 1.82) is 0 Å². The summed E-state index contributed by atoms with van der Waals surface area (Å²) >= 11 is 0. The fourth-order valence-corrected chi connectivity index (χ4v) is 2.50. The number of nitrogens with two attached hydrogens (primary N) is 1. The van der Waals surface area contributed by atoms with Crippen molar-refractivity contribution >= 4 is 0 Å². The highest BCUT2D eigenvalue weighted by atomic mass is 16.6. The Balaban J connectivity index is 1.83. The molecule has 1 aliphatic carbocycles. The van der Waals surface area contributed by atoms with Gasteiger partial charge in [-0.05, 0) is 51.1 Å². The summed E-state index contributed by atoms with van der Waals surface area (Å²) < 4.78 is 0. The van der Waals surface area contributed by atoms with Gasteiger partial charge in [-0.15, -0.1) is 0 Å². The molecular formula is C10H20N2O. The highest BCUT2D eigenvalue weighted by Crippen LogP contribution is 2.50. The van der Waals surface area contributed by atoms with E-state index in [0.717, 1.165) is 12.6 Å². The van der Waals surface area contributed by atoms with Crippen LogP contribution in [0, 0.1) is 5.41 Å². The van der Waals surface area contributed by atoms with Gasteiger partial charge in [0.1, 0.15) is 0 Å². The molecule has 76 valence electrons.